The van der Waals surface area contributed by atoms with E-state index in [0.29, 0.717) is 0 Å². The highest BCUT2D eigenvalue weighted by Gasteiger charge is 2.65. The van der Waals surface area contributed by atoms with E-state index >= 15 is 0 Å². The second-order valence-corrected chi connectivity index (χ2v) is 37.3. The molecule has 12 saturated heterocycles. The molecule has 12 rings (SSSR count). The lowest BCUT2D eigenvalue weighted by Gasteiger charge is -2.53. The molecule has 0 aromatic rings. The van der Waals surface area contributed by atoms with Gasteiger partial charge in [0, 0.05) is 34.6 Å². The van der Waals surface area contributed by atoms with Crippen molar-refractivity contribution < 1.29 is 296 Å². The number of aliphatic hydroxyl groups excluding tert-OH is 32. The number of aliphatic hydroxyl groups is 32. The van der Waals surface area contributed by atoms with Crippen molar-refractivity contribution in [3.05, 3.63) is 0 Å². The molecular formula is C82H137N5O60. The van der Waals surface area contributed by atoms with Gasteiger partial charge in [-0.15, -0.1) is 0 Å². The number of carbonyl (C=O) groups is 5. The Morgan fingerprint density at radius 2 is 0.429 bits per heavy atom. The summed E-state index contributed by atoms with van der Waals surface area (Å²) in [6.45, 7) is -7.70. The minimum absolute atomic E-state index is 0.843. The lowest BCUT2D eigenvalue weighted by Crippen LogP contribution is -2.72. The predicted molar refractivity (Wildman–Crippen MR) is 452 cm³/mol. The lowest BCUT2D eigenvalue weighted by atomic mass is 9.93. The Bertz CT molecular complexity index is 4110. The van der Waals surface area contributed by atoms with Crippen LogP contribution < -0.4 is 26.6 Å². The van der Waals surface area contributed by atoms with Gasteiger partial charge >= 0.3 is 0 Å². The van der Waals surface area contributed by atoms with Crippen LogP contribution >= 0.6 is 0 Å². The highest BCUT2D eigenvalue weighted by atomic mass is 16.8. The van der Waals surface area contributed by atoms with Gasteiger partial charge in [0.05, 0.1) is 78.8 Å². The Morgan fingerprint density at radius 3 is 0.796 bits per heavy atom. The second-order valence-electron chi connectivity index (χ2n) is 37.3. The zero-order chi connectivity index (χ0) is 108. The fourth-order valence-electron chi connectivity index (χ4n) is 19.3. The van der Waals surface area contributed by atoms with E-state index in [1.54, 1.807) is 0 Å². The first-order valence-electron chi connectivity index (χ1n) is 47.0. The first-order chi connectivity index (χ1) is 69.6. The van der Waals surface area contributed by atoms with Crippen LogP contribution in [-0.2, 0) is 133 Å². The molecule has 0 radical (unpaired) electrons. The van der Waals surface area contributed by atoms with Gasteiger partial charge in [0.15, 0.2) is 75.5 Å². The third-order valence-electron chi connectivity index (χ3n) is 27.1. The Labute approximate surface area is 832 Å². The number of hydrogen-bond donors (Lipinski definition) is 37. The van der Waals surface area contributed by atoms with Crippen LogP contribution in [0.3, 0.4) is 0 Å². The van der Waals surface area contributed by atoms with Crippen LogP contribution in [-0.4, -0.2) is 634 Å². The van der Waals surface area contributed by atoms with Crippen molar-refractivity contribution in [1.29, 1.82) is 0 Å². The first-order valence-corrected chi connectivity index (χ1v) is 47.0. The molecule has 0 aliphatic carbocycles. The van der Waals surface area contributed by atoms with Gasteiger partial charge in [-0.1, -0.05) is 0 Å². The molecule has 60 atom stereocenters. The summed E-state index contributed by atoms with van der Waals surface area (Å²) in [5.41, 5.74) is 0. The van der Waals surface area contributed by atoms with Gasteiger partial charge < -0.3 is 299 Å². The van der Waals surface area contributed by atoms with Gasteiger partial charge in [-0.25, -0.2) is 0 Å². The molecule has 0 unspecified atom stereocenters. The normalized spacial score (nSPS) is 49.6. The number of nitrogens with one attached hydrogen (secondary N) is 5. The molecule has 12 aliphatic heterocycles. The van der Waals surface area contributed by atoms with E-state index in [1.807, 2.05) is 0 Å². The number of carbonyl (C=O) groups excluding carboxylic acids is 5. The van der Waals surface area contributed by atoms with Crippen LogP contribution in [0.25, 0.3) is 0 Å². The van der Waals surface area contributed by atoms with Crippen molar-refractivity contribution in [1.82, 2.24) is 26.6 Å². The predicted octanol–water partition coefficient (Wildman–Crippen LogP) is -25.4. The summed E-state index contributed by atoms with van der Waals surface area (Å²) in [6.07, 6.45) is -121. The standard InChI is InChI=1S/C82H137N5O60/c1-18-40(103)50(113)55(118)76(126-18)144-67-39(87-23(6)102)75(135-33(16-97)66(67)143-79-58(121)53(116)43(106)26(9-90)130-79)139-65-32(15-96)136-82(70(59(65)122)147-74-38(86-22(5)101)49(112)63(30(13-94)134-74)141-78-57(120)52(115)42(105)25(8-89)129-78)145-68-45(108)34(137-80(60(68)123)142-64-31(14-95)132-72(36(47(64)110)84-20(3)99)138-61-28(11-92)127-71(124)35(46(61)109)83-19(2)98)17-125-81-69(54(117)44(107)27(10-91)131-81)146-73-37(85-21(4)100)48(111)62(29(12-93)133-73)140-77-56(119)51(114)41(104)24(7-88)128-77/h18,24-82,88-97,103-124H,7-17H2,1-6H3,(H,83,98)(H,84,99)(H,85,100)(H,86,101)(H,87,102)/t18-,24+,25+,26+,27+,28+,29+,30+,31+,32+,33+,34+,35+,36+,37+,38+,39+,40+,41-,42-,43-,44+,45+,46+,47+,48+,49+,50+,51-,52-,53-,54-,55-,56+,57+,58+,59-,60-,61+,62+,63+,64+,65+,66+,67+,68-,69-,70-,71+,72-,73-,74+,75-,76-,77-,78-,79-,80-,81-,82+/m0/s1. The monoisotopic (exact) mass is 2150 g/mol. The third-order valence-corrected chi connectivity index (χ3v) is 27.1. The number of rotatable bonds is 38. The van der Waals surface area contributed by atoms with Crippen LogP contribution in [0.2, 0.25) is 0 Å². The molecule has 12 heterocycles. The largest absolute Gasteiger partial charge is 0.394 e. The van der Waals surface area contributed by atoms with Crippen LogP contribution in [0.5, 0.6) is 0 Å². The molecular weight excluding hydrogens is 2010 g/mol. The summed E-state index contributed by atoms with van der Waals surface area (Å²) in [5, 5.41) is 375. The van der Waals surface area contributed by atoms with Gasteiger partial charge in [0.1, 0.15) is 287 Å². The van der Waals surface area contributed by atoms with Gasteiger partial charge in [0.2, 0.25) is 29.5 Å². The highest BCUT2D eigenvalue weighted by molar-refractivity contribution is 5.75. The van der Waals surface area contributed by atoms with Crippen molar-refractivity contribution in [3.63, 3.8) is 0 Å². The number of amides is 5. The first kappa shape index (κ1) is 121. The Kier molecular flexibility index (Phi) is 43.4. The summed E-state index contributed by atoms with van der Waals surface area (Å²) in [5.74, 6) is -5.06. The van der Waals surface area contributed by atoms with Crippen molar-refractivity contribution in [3.8, 4) is 0 Å². The van der Waals surface area contributed by atoms with Crippen LogP contribution in [0, 0.1) is 0 Å². The summed E-state index contributed by atoms with van der Waals surface area (Å²) in [7, 11) is 0. The maximum Gasteiger partial charge on any atom is 0.217 e. The third kappa shape index (κ3) is 26.7. The fraction of sp³-hybridized carbons (Fsp3) is 0.939. The van der Waals surface area contributed by atoms with Crippen molar-refractivity contribution in [2.45, 2.75) is 410 Å². The minimum Gasteiger partial charge on any atom is -0.394 e. The number of hydrogen-bond acceptors (Lipinski definition) is 60. The fourth-order valence-corrected chi connectivity index (χ4v) is 19.3. The van der Waals surface area contributed by atoms with E-state index in [-0.39, 0.29) is 0 Å². The summed E-state index contributed by atoms with van der Waals surface area (Å²) in [4.78, 5) is 66.2. The molecule has 0 spiro atoms. The Hall–Kier alpha value is -4.85. The Morgan fingerprint density at radius 1 is 0.190 bits per heavy atom. The van der Waals surface area contributed by atoms with Gasteiger partial charge in [-0.3, -0.25) is 24.0 Å². The van der Waals surface area contributed by atoms with E-state index < -0.39 is 470 Å². The molecule has 0 saturated carbocycles. The van der Waals surface area contributed by atoms with E-state index in [1.165, 1.54) is 6.92 Å². The van der Waals surface area contributed by atoms with Gasteiger partial charge in [0.25, 0.3) is 0 Å². The molecule has 850 valence electrons. The molecule has 0 bridgehead atoms. The molecule has 0 aromatic carbocycles. The summed E-state index contributed by atoms with van der Waals surface area (Å²) < 4.78 is 140. The quantitative estimate of drug-likeness (QED) is 0.0273. The van der Waals surface area contributed by atoms with Crippen molar-refractivity contribution in [2.24, 2.45) is 0 Å². The lowest BCUT2D eigenvalue weighted by molar-refractivity contribution is -0.409. The van der Waals surface area contributed by atoms with E-state index in [0.717, 1.165) is 34.6 Å². The zero-order valence-electron chi connectivity index (χ0n) is 79.2. The van der Waals surface area contributed by atoms with Crippen LogP contribution in [0.15, 0.2) is 0 Å². The summed E-state index contributed by atoms with van der Waals surface area (Å²) in [6, 6.07) is -10.2. The molecule has 65 nitrogen and oxygen atoms in total. The zero-order valence-corrected chi connectivity index (χ0v) is 79.2. The average Bonchev–Trinajstić information content (AvgIpc) is 0.752. The summed E-state index contributed by atoms with van der Waals surface area (Å²) >= 11 is 0. The van der Waals surface area contributed by atoms with E-state index in [2.05, 4.69) is 26.6 Å². The van der Waals surface area contributed by atoms with Gasteiger partial charge in [-0.2, -0.15) is 0 Å². The smallest absolute Gasteiger partial charge is 0.217 e. The van der Waals surface area contributed by atoms with Crippen LogP contribution in [0.1, 0.15) is 41.5 Å². The highest BCUT2D eigenvalue weighted by Crippen LogP contribution is 2.44. The number of ether oxygens (including phenoxy) is 23. The SMILES string of the molecule is CC(=O)N[C@@H]1[C@@H](O)[C@H](O[C@@H]2O[C@H](CO)[C@@H](O[C@@H]3O[C@H](CO[C@H]4O[C@H](CO)[C@@H](O)[C@H](O)[C@@H]4O[C@@H]4O[C@H](CO)[C@@H](O[C@@H]5O[C@H](CO)[C@H](O)[C@H](O)[C@H]5O)[C@H](O)[C@H]4NC(C)=O)[C@@H](O)[C@H](O[C@H]4O[C@H](CO)[C@@H](O[C@@H]5O[C@H](CO)[C@@H](O[C@@H]6O[C@H](CO)[C@H](O)[C@H](O)[C@H]6O)[C@H](O[C@@H]6O[C@@H](C)[C@@H](O)[C@@H](O)[C@@H]6O)[C@H]5NC(C)=O)[C@H](O)[C@@H]4O[C@H]4O[C@H](CO)[C@@H](O[C@@H]5O[C@H](CO)[C@H](O)[C@H](O)[C@H]5O)[C@H](O)[C@H]4NC(C)=O)[C@@H]3O)[C@H](O)[C@H]2NC(C)=O)[C@@H](CO)O[C@H]1O. The van der Waals surface area contributed by atoms with E-state index in [4.69, 9.17) is 109 Å². The molecule has 0 aromatic heterocycles. The molecule has 12 aliphatic rings. The Balaban J connectivity index is 0.952. The maximum atomic E-state index is 13.8. The molecule has 37 N–H and O–H groups in total. The van der Waals surface area contributed by atoms with Crippen molar-refractivity contribution in [2.75, 3.05) is 72.7 Å². The average molecular weight is 2150 g/mol. The second kappa shape index (κ2) is 52.8. The van der Waals surface area contributed by atoms with E-state index in [9.17, 15) is 187 Å². The van der Waals surface area contributed by atoms with Crippen molar-refractivity contribution >= 4 is 29.5 Å². The van der Waals surface area contributed by atoms with Gasteiger partial charge in [-0.05, 0) is 6.92 Å². The minimum atomic E-state index is -2.81. The molecule has 5 amide bonds. The molecule has 12 fully saturated rings. The molecule has 65 heteroatoms. The maximum absolute atomic E-state index is 13.8. The van der Waals surface area contributed by atoms with Crippen LogP contribution in [0.4, 0.5) is 0 Å². The molecule has 147 heavy (non-hydrogen) atoms. The topological polar surface area (TPSA) is 1010 Å².